The molecule has 1 aliphatic rings. The van der Waals surface area contributed by atoms with Crippen LogP contribution in [0.1, 0.15) is 24.0 Å². The van der Waals surface area contributed by atoms with E-state index in [1.165, 1.54) is 12.3 Å². The highest BCUT2D eigenvalue weighted by molar-refractivity contribution is 7.89. The van der Waals surface area contributed by atoms with Crippen LogP contribution >= 0.6 is 0 Å². The third-order valence-corrected chi connectivity index (χ3v) is 12.5. The number of benzene rings is 4. The Morgan fingerprint density at radius 1 is 0.704 bits per heavy atom. The monoisotopic (exact) mass is 763 g/mol. The van der Waals surface area contributed by atoms with Gasteiger partial charge in [0.2, 0.25) is 15.9 Å². The minimum absolute atomic E-state index is 0.0408. The molecule has 0 radical (unpaired) electrons. The van der Waals surface area contributed by atoms with Crippen LogP contribution in [0, 0.1) is 0 Å². The molecule has 1 amide bonds. The number of aromatic nitrogens is 2. The lowest BCUT2D eigenvalue weighted by Gasteiger charge is -2.27. The predicted molar refractivity (Wildman–Crippen MR) is 208 cm³/mol. The second-order valence-corrected chi connectivity index (χ2v) is 16.6. The Kier molecular flexibility index (Phi) is 11.3. The van der Waals surface area contributed by atoms with Gasteiger partial charge in [0, 0.05) is 85.0 Å². The van der Waals surface area contributed by atoms with E-state index >= 15 is 0 Å². The molecule has 0 spiro atoms. The molecule has 1 saturated heterocycles. The molecule has 1 unspecified atom stereocenters. The highest BCUT2D eigenvalue weighted by Gasteiger charge is 2.27. The Labute approximate surface area is 315 Å². The van der Waals surface area contributed by atoms with Gasteiger partial charge in [0.15, 0.2) is 0 Å². The highest BCUT2D eigenvalue weighted by atomic mass is 32.2. The van der Waals surface area contributed by atoms with E-state index in [0.29, 0.717) is 73.5 Å². The Balaban J connectivity index is 1.07. The van der Waals surface area contributed by atoms with Crippen molar-refractivity contribution in [3.63, 3.8) is 0 Å². The zero-order valence-corrected chi connectivity index (χ0v) is 31.3. The quantitative estimate of drug-likeness (QED) is 0.149. The van der Waals surface area contributed by atoms with Crippen LogP contribution < -0.4 is 8.91 Å². The number of amides is 1. The first-order valence-electron chi connectivity index (χ1n) is 17.9. The molecule has 1 N–H and O–H groups in total. The van der Waals surface area contributed by atoms with Crippen LogP contribution in [-0.2, 0) is 37.8 Å². The molecule has 1 fully saturated rings. The number of nitrogens with zero attached hydrogens (tertiary/aromatic N) is 4. The van der Waals surface area contributed by atoms with Crippen LogP contribution in [0.15, 0.2) is 138 Å². The van der Waals surface area contributed by atoms with Gasteiger partial charge in [-0.1, -0.05) is 66.7 Å². The summed E-state index contributed by atoms with van der Waals surface area (Å²) in [6.07, 6.45) is 8.55. The lowest BCUT2D eigenvalue weighted by Crippen LogP contribution is -2.46. The fourth-order valence-corrected chi connectivity index (χ4v) is 9.58. The summed E-state index contributed by atoms with van der Waals surface area (Å²) >= 11 is 0. The molecule has 7 rings (SSSR count). The van der Waals surface area contributed by atoms with Gasteiger partial charge in [0.05, 0.1) is 4.90 Å². The Morgan fingerprint density at radius 2 is 1.37 bits per heavy atom. The molecule has 6 aromatic rings. The lowest BCUT2D eigenvalue weighted by atomic mass is 10.1. The van der Waals surface area contributed by atoms with Crippen molar-refractivity contribution in [2.45, 2.75) is 41.5 Å². The summed E-state index contributed by atoms with van der Waals surface area (Å²) in [7, 11) is -8.14. The fraction of sp³-hybridized carbons (Fsp3) is 0.244. The van der Waals surface area contributed by atoms with Crippen molar-refractivity contribution >= 4 is 47.6 Å². The molecule has 0 saturated carbocycles. The molecule has 54 heavy (non-hydrogen) atoms. The second-order valence-electron chi connectivity index (χ2n) is 13.4. The van der Waals surface area contributed by atoms with E-state index in [-0.39, 0.29) is 21.4 Å². The van der Waals surface area contributed by atoms with Crippen molar-refractivity contribution in [2.75, 3.05) is 32.7 Å². The molecule has 4 aromatic carbocycles. The van der Waals surface area contributed by atoms with Gasteiger partial charge in [-0.05, 0) is 73.3 Å². The van der Waals surface area contributed by atoms with Gasteiger partial charge in [0.1, 0.15) is 10.6 Å². The fourth-order valence-electron chi connectivity index (χ4n) is 6.97. The molecular formula is C41H41N5O6S2. The molecule has 1 atom stereocenters. The van der Waals surface area contributed by atoms with Crippen molar-refractivity contribution in [3.8, 4) is 5.75 Å². The number of carbonyl (C=O) groups excluding carboxylic acids is 1. The maximum absolute atomic E-state index is 14.0. The molecule has 2 aromatic heterocycles. The molecule has 1 aliphatic heterocycles. The van der Waals surface area contributed by atoms with Crippen LogP contribution in [0.2, 0.25) is 0 Å². The van der Waals surface area contributed by atoms with E-state index < -0.39 is 26.2 Å². The van der Waals surface area contributed by atoms with Gasteiger partial charge < -0.3 is 9.08 Å². The number of carbonyl (C=O) groups is 1. The van der Waals surface area contributed by atoms with E-state index in [0.717, 1.165) is 17.5 Å². The topological polar surface area (TPSA) is 139 Å². The zero-order chi connectivity index (χ0) is 37.5. The van der Waals surface area contributed by atoms with Crippen LogP contribution in [0.4, 0.5) is 0 Å². The molecular weight excluding hydrogens is 723 g/mol. The standard InChI is InChI=1S/C41H41N5O6S2/c47-41(18-15-31-7-2-1-3-8-31)46-24-6-23-45(25-26-46)30-35(44-53(48,49)39-11-4-9-33-28-42-21-19-37(33)39)27-32-13-16-36(17-14-32)52-54(50,51)40-12-5-10-34-29-43-22-20-38(34)40/h1-5,7-14,16-17,19-22,28-29,35,44H,6,15,18,23-27,30H2. The normalized spacial score (nSPS) is 14.9. The van der Waals surface area contributed by atoms with Crippen LogP contribution in [0.5, 0.6) is 5.75 Å². The number of pyridine rings is 2. The smallest absolute Gasteiger partial charge is 0.339 e. The van der Waals surface area contributed by atoms with Gasteiger partial charge in [0.25, 0.3) is 0 Å². The molecule has 0 aliphatic carbocycles. The van der Waals surface area contributed by atoms with E-state index in [2.05, 4.69) is 19.6 Å². The minimum Gasteiger partial charge on any atom is -0.379 e. The average molecular weight is 764 g/mol. The average Bonchev–Trinajstić information content (AvgIpc) is 3.43. The first kappa shape index (κ1) is 37.1. The molecule has 3 heterocycles. The number of hydrogen-bond acceptors (Lipinski definition) is 9. The number of fused-ring (bicyclic) bond motifs is 2. The maximum atomic E-state index is 14.0. The van der Waals surface area contributed by atoms with Gasteiger partial charge >= 0.3 is 10.1 Å². The van der Waals surface area contributed by atoms with E-state index in [9.17, 15) is 21.6 Å². The first-order chi connectivity index (χ1) is 26.1. The summed E-state index contributed by atoms with van der Waals surface area (Å²) in [5, 5.41) is 2.48. The van der Waals surface area contributed by atoms with Crippen molar-refractivity contribution in [1.29, 1.82) is 0 Å². The molecule has 13 heteroatoms. The summed E-state index contributed by atoms with van der Waals surface area (Å²) in [4.78, 5) is 25.7. The SMILES string of the molecule is O=C(CCc1ccccc1)N1CCCN(CC(Cc2ccc(OS(=O)(=O)c3cccc4cnccc34)cc2)NS(=O)(=O)c2cccc3cnccc23)CC1. The number of nitrogens with one attached hydrogen (secondary N) is 1. The third-order valence-electron chi connectivity index (χ3n) is 9.66. The Hall–Kier alpha value is -5.21. The van der Waals surface area contributed by atoms with Gasteiger partial charge in [-0.3, -0.25) is 19.7 Å². The third kappa shape index (κ3) is 8.93. The van der Waals surface area contributed by atoms with E-state index in [1.54, 1.807) is 79.3 Å². The second kappa shape index (κ2) is 16.4. The number of sulfonamides is 1. The predicted octanol–water partition coefficient (Wildman–Crippen LogP) is 5.61. The first-order valence-corrected chi connectivity index (χ1v) is 20.8. The summed E-state index contributed by atoms with van der Waals surface area (Å²) in [6.45, 7) is 2.90. The summed E-state index contributed by atoms with van der Waals surface area (Å²) in [6, 6.07) is 29.4. The molecule has 11 nitrogen and oxygen atoms in total. The van der Waals surface area contributed by atoms with E-state index in [4.69, 9.17) is 4.18 Å². The lowest BCUT2D eigenvalue weighted by molar-refractivity contribution is -0.131. The maximum Gasteiger partial charge on any atom is 0.339 e. The van der Waals surface area contributed by atoms with E-state index in [1.807, 2.05) is 41.3 Å². The van der Waals surface area contributed by atoms with Crippen molar-refractivity contribution in [3.05, 3.63) is 139 Å². The molecule has 278 valence electrons. The summed E-state index contributed by atoms with van der Waals surface area (Å²) in [5.41, 5.74) is 1.92. The Morgan fingerprint density at radius 3 is 2.07 bits per heavy atom. The van der Waals surface area contributed by atoms with Crippen LogP contribution in [0.3, 0.4) is 0 Å². The largest absolute Gasteiger partial charge is 0.379 e. The highest BCUT2D eigenvalue weighted by Crippen LogP contribution is 2.27. The number of hydrogen-bond donors (Lipinski definition) is 1. The van der Waals surface area contributed by atoms with Crippen LogP contribution in [-0.4, -0.2) is 81.3 Å². The van der Waals surface area contributed by atoms with Crippen LogP contribution in [0.25, 0.3) is 21.5 Å². The van der Waals surface area contributed by atoms with Gasteiger partial charge in [-0.15, -0.1) is 0 Å². The van der Waals surface area contributed by atoms with Crippen molar-refractivity contribution in [1.82, 2.24) is 24.5 Å². The minimum atomic E-state index is -4.16. The van der Waals surface area contributed by atoms with Gasteiger partial charge in [-0.2, -0.15) is 8.42 Å². The summed E-state index contributed by atoms with van der Waals surface area (Å²) in [5.74, 6) is 0.251. The number of rotatable bonds is 13. The number of aryl methyl sites for hydroxylation is 1. The molecule has 0 bridgehead atoms. The van der Waals surface area contributed by atoms with Crippen molar-refractivity contribution < 1.29 is 25.8 Å². The van der Waals surface area contributed by atoms with Crippen molar-refractivity contribution in [2.24, 2.45) is 0 Å². The summed E-state index contributed by atoms with van der Waals surface area (Å²) < 4.78 is 63.2. The van der Waals surface area contributed by atoms with Gasteiger partial charge in [-0.25, -0.2) is 13.1 Å². The Bertz CT molecular complexity index is 2450. The zero-order valence-electron chi connectivity index (χ0n) is 29.6.